The number of esters is 1. The summed E-state index contributed by atoms with van der Waals surface area (Å²) in [5.74, 6) is 0.260. The minimum absolute atomic E-state index is 0.0734. The number of carbonyl (C=O) groups excluding carboxylic acids is 2. The molecule has 0 bridgehead atoms. The summed E-state index contributed by atoms with van der Waals surface area (Å²) in [6, 6.07) is 17.5. The number of carbonyl (C=O) groups is 2. The summed E-state index contributed by atoms with van der Waals surface area (Å²) in [6.07, 6.45) is 0. The van der Waals surface area contributed by atoms with Crippen LogP contribution in [0.25, 0.3) is 0 Å². The van der Waals surface area contributed by atoms with Gasteiger partial charge < -0.3 is 14.4 Å². The Hall–Kier alpha value is -3.21. The fourth-order valence-electron chi connectivity index (χ4n) is 3.45. The normalized spacial score (nSPS) is 14.6. The van der Waals surface area contributed by atoms with Gasteiger partial charge in [-0.05, 0) is 30.3 Å². The summed E-state index contributed by atoms with van der Waals surface area (Å²) in [7, 11) is -2.52. The van der Waals surface area contributed by atoms with E-state index in [0.29, 0.717) is 17.1 Å². The van der Waals surface area contributed by atoms with Gasteiger partial charge in [0.05, 0.1) is 18.2 Å². The van der Waals surface area contributed by atoms with Crippen LogP contribution in [0.5, 0.6) is 11.5 Å². The number of benzene rings is 2. The van der Waals surface area contributed by atoms with Gasteiger partial charge in [-0.25, -0.2) is 13.2 Å². The average molecular weight is 487 g/mol. The van der Waals surface area contributed by atoms with Gasteiger partial charge in [-0.3, -0.25) is 4.79 Å². The van der Waals surface area contributed by atoms with E-state index >= 15 is 0 Å². The molecule has 172 valence electrons. The molecule has 0 spiro atoms. The van der Waals surface area contributed by atoms with Crippen LogP contribution >= 0.6 is 11.3 Å². The summed E-state index contributed by atoms with van der Waals surface area (Å²) in [6.45, 7) is 0.794. The molecular formula is C23H22N2O6S2. The Labute approximate surface area is 196 Å². The third kappa shape index (κ3) is 4.92. The van der Waals surface area contributed by atoms with Gasteiger partial charge >= 0.3 is 5.97 Å². The quantitative estimate of drug-likeness (QED) is 0.496. The fourth-order valence-corrected chi connectivity index (χ4v) is 6.18. The number of thiophene rings is 1. The zero-order valence-electron chi connectivity index (χ0n) is 17.8. The number of amides is 1. The summed E-state index contributed by atoms with van der Waals surface area (Å²) in [4.78, 5) is 26.4. The van der Waals surface area contributed by atoms with E-state index in [9.17, 15) is 18.0 Å². The molecule has 1 aliphatic heterocycles. The standard InChI is InChI=1S/C23H22N2O6S2/c1-30-23(27)17-15-21(32-16-17)33(28,29)25-13-11-24(12-14-25)22(26)19-9-5-6-10-20(19)31-18-7-3-2-4-8-18/h2-10,15-16H,11-14H2,1H3. The molecule has 1 amide bonds. The summed E-state index contributed by atoms with van der Waals surface area (Å²) >= 11 is 0.973. The third-order valence-electron chi connectivity index (χ3n) is 5.20. The minimum Gasteiger partial charge on any atom is -0.465 e. The van der Waals surface area contributed by atoms with Gasteiger partial charge in [0.15, 0.2) is 0 Å². The smallest absolute Gasteiger partial charge is 0.338 e. The van der Waals surface area contributed by atoms with E-state index in [1.54, 1.807) is 41.3 Å². The predicted octanol–water partition coefficient (Wildman–Crippen LogP) is 3.47. The van der Waals surface area contributed by atoms with Gasteiger partial charge in [-0.1, -0.05) is 30.3 Å². The van der Waals surface area contributed by atoms with E-state index in [1.807, 2.05) is 18.2 Å². The van der Waals surface area contributed by atoms with Crippen molar-refractivity contribution in [3.05, 3.63) is 77.2 Å². The molecule has 10 heteroatoms. The third-order valence-corrected chi connectivity index (χ3v) is 8.52. The number of rotatable bonds is 6. The van der Waals surface area contributed by atoms with Crippen LogP contribution in [0, 0.1) is 0 Å². The first-order valence-corrected chi connectivity index (χ1v) is 12.5. The van der Waals surface area contributed by atoms with Gasteiger partial charge in [0.25, 0.3) is 15.9 Å². The summed E-state index contributed by atoms with van der Waals surface area (Å²) in [5.41, 5.74) is 0.614. The van der Waals surface area contributed by atoms with Crippen LogP contribution in [0.4, 0.5) is 0 Å². The van der Waals surface area contributed by atoms with E-state index in [1.165, 1.54) is 22.9 Å². The lowest BCUT2D eigenvalue weighted by Gasteiger charge is -2.34. The monoisotopic (exact) mass is 486 g/mol. The lowest BCUT2D eigenvalue weighted by atomic mass is 10.1. The van der Waals surface area contributed by atoms with Gasteiger partial charge in [0, 0.05) is 31.6 Å². The van der Waals surface area contributed by atoms with Crippen molar-refractivity contribution in [1.29, 1.82) is 0 Å². The molecule has 1 fully saturated rings. The van der Waals surface area contributed by atoms with Crippen molar-refractivity contribution in [2.24, 2.45) is 0 Å². The maximum absolute atomic E-state index is 13.2. The number of ether oxygens (including phenoxy) is 2. The highest BCUT2D eigenvalue weighted by atomic mass is 32.2. The fraction of sp³-hybridized carbons (Fsp3) is 0.217. The second-order valence-electron chi connectivity index (χ2n) is 7.25. The van der Waals surface area contributed by atoms with Crippen LogP contribution in [0.2, 0.25) is 0 Å². The SMILES string of the molecule is COC(=O)c1csc(S(=O)(=O)N2CCN(C(=O)c3ccccc3Oc3ccccc3)CC2)c1. The molecule has 33 heavy (non-hydrogen) atoms. The lowest BCUT2D eigenvalue weighted by molar-refractivity contribution is 0.0600. The first-order chi connectivity index (χ1) is 15.9. The Morgan fingerprint density at radius 1 is 0.939 bits per heavy atom. The van der Waals surface area contributed by atoms with Crippen molar-refractivity contribution in [2.75, 3.05) is 33.3 Å². The Morgan fingerprint density at radius 2 is 1.61 bits per heavy atom. The van der Waals surface area contributed by atoms with Crippen molar-refractivity contribution in [1.82, 2.24) is 9.21 Å². The minimum atomic E-state index is -3.76. The van der Waals surface area contributed by atoms with Crippen molar-refractivity contribution >= 4 is 33.2 Å². The van der Waals surface area contributed by atoms with E-state index < -0.39 is 16.0 Å². The molecule has 0 atom stereocenters. The Kier molecular flexibility index (Phi) is 6.77. The van der Waals surface area contributed by atoms with E-state index in [2.05, 4.69) is 4.74 Å². The second kappa shape index (κ2) is 9.74. The second-order valence-corrected chi connectivity index (χ2v) is 10.3. The maximum atomic E-state index is 13.2. The Balaban J connectivity index is 1.45. The molecule has 1 aliphatic rings. The summed E-state index contributed by atoms with van der Waals surface area (Å²) < 4.78 is 37.9. The molecular weight excluding hydrogens is 464 g/mol. The number of para-hydroxylation sites is 2. The van der Waals surface area contributed by atoms with E-state index in [4.69, 9.17) is 4.74 Å². The molecule has 8 nitrogen and oxygen atoms in total. The number of sulfonamides is 1. The van der Waals surface area contributed by atoms with Crippen LogP contribution < -0.4 is 4.74 Å². The van der Waals surface area contributed by atoms with Crippen LogP contribution in [-0.4, -0.2) is 62.8 Å². The molecule has 2 aromatic carbocycles. The largest absolute Gasteiger partial charge is 0.465 e. The van der Waals surface area contributed by atoms with Gasteiger partial charge in [0.2, 0.25) is 0 Å². The summed E-state index contributed by atoms with van der Waals surface area (Å²) in [5, 5.41) is 1.46. The molecule has 0 saturated carbocycles. The number of methoxy groups -OCH3 is 1. The number of hydrogen-bond donors (Lipinski definition) is 0. The molecule has 1 saturated heterocycles. The van der Waals surface area contributed by atoms with Crippen molar-refractivity contribution in [3.8, 4) is 11.5 Å². The van der Waals surface area contributed by atoms with Crippen LogP contribution in [0.3, 0.4) is 0 Å². The maximum Gasteiger partial charge on any atom is 0.338 e. The van der Waals surface area contributed by atoms with Crippen molar-refractivity contribution < 1.29 is 27.5 Å². The topological polar surface area (TPSA) is 93.2 Å². The van der Waals surface area contributed by atoms with Crippen LogP contribution in [-0.2, 0) is 14.8 Å². The molecule has 1 aromatic heterocycles. The van der Waals surface area contributed by atoms with E-state index in [0.717, 1.165) is 11.3 Å². The zero-order chi connectivity index (χ0) is 23.4. The molecule has 2 heterocycles. The first-order valence-electron chi connectivity index (χ1n) is 10.2. The molecule has 0 aliphatic carbocycles. The molecule has 4 rings (SSSR count). The Morgan fingerprint density at radius 3 is 2.30 bits per heavy atom. The van der Waals surface area contributed by atoms with Gasteiger partial charge in [0.1, 0.15) is 15.7 Å². The first kappa shape index (κ1) is 23.0. The molecule has 0 radical (unpaired) electrons. The molecule has 0 N–H and O–H groups in total. The van der Waals surface area contributed by atoms with Gasteiger partial charge in [-0.2, -0.15) is 4.31 Å². The van der Waals surface area contributed by atoms with E-state index in [-0.39, 0.29) is 41.9 Å². The highest BCUT2D eigenvalue weighted by molar-refractivity contribution is 7.91. The van der Waals surface area contributed by atoms with Gasteiger partial charge in [-0.15, -0.1) is 11.3 Å². The highest BCUT2D eigenvalue weighted by Crippen LogP contribution is 2.28. The lowest BCUT2D eigenvalue weighted by Crippen LogP contribution is -2.50. The molecule has 0 unspecified atom stereocenters. The highest BCUT2D eigenvalue weighted by Gasteiger charge is 2.32. The zero-order valence-corrected chi connectivity index (χ0v) is 19.5. The molecule has 3 aromatic rings. The number of hydrogen-bond acceptors (Lipinski definition) is 7. The number of piperazine rings is 1. The predicted molar refractivity (Wildman–Crippen MR) is 123 cm³/mol. The Bertz CT molecular complexity index is 1250. The van der Waals surface area contributed by atoms with Crippen molar-refractivity contribution in [2.45, 2.75) is 4.21 Å². The van der Waals surface area contributed by atoms with Crippen LogP contribution in [0.15, 0.2) is 70.3 Å². The van der Waals surface area contributed by atoms with Crippen molar-refractivity contribution in [3.63, 3.8) is 0 Å². The van der Waals surface area contributed by atoms with Crippen LogP contribution in [0.1, 0.15) is 20.7 Å². The number of nitrogens with zero attached hydrogens (tertiary/aromatic N) is 2. The average Bonchev–Trinajstić information content (AvgIpc) is 3.36.